The fraction of sp³-hybridized carbons (Fsp3) is 0.300. The highest BCUT2D eigenvalue weighted by atomic mass is 35.5. The van der Waals surface area contributed by atoms with E-state index in [9.17, 15) is 4.79 Å². The van der Waals surface area contributed by atoms with Gasteiger partial charge >= 0.3 is 0 Å². The predicted molar refractivity (Wildman–Crippen MR) is 97.8 cm³/mol. The number of benzene rings is 1. The third kappa shape index (κ3) is 3.68. The molecule has 4 rings (SSSR count). The number of hydrogen-bond donors (Lipinski definition) is 1. The molecule has 3 aromatic rings. The first-order chi connectivity index (χ1) is 12.7. The maximum absolute atomic E-state index is 12.3. The van der Waals surface area contributed by atoms with E-state index in [1.165, 1.54) is 0 Å². The summed E-state index contributed by atoms with van der Waals surface area (Å²) in [5.41, 5.74) is 2.01. The molecule has 2 aromatic heterocycles. The van der Waals surface area contributed by atoms with Crippen LogP contribution in [0.5, 0.6) is 0 Å². The van der Waals surface area contributed by atoms with Gasteiger partial charge in [0.15, 0.2) is 11.7 Å². The lowest BCUT2D eigenvalue weighted by atomic mass is 9.93. The number of nitrogens with zero attached hydrogens (tertiary/aromatic N) is 1. The fourth-order valence-corrected chi connectivity index (χ4v) is 3.42. The molecule has 134 valence electrons. The maximum Gasteiger partial charge on any atom is 0.220 e. The minimum Gasteiger partial charge on any atom is -0.469 e. The molecule has 0 bridgehead atoms. The Hall–Kier alpha value is -2.53. The molecule has 0 spiro atoms. The predicted octanol–water partition coefficient (Wildman–Crippen LogP) is 4.71. The molecule has 0 saturated heterocycles. The van der Waals surface area contributed by atoms with Gasteiger partial charge in [-0.25, -0.2) is 4.98 Å². The van der Waals surface area contributed by atoms with Crippen LogP contribution in [0.4, 0.5) is 0 Å². The molecular weight excluding hydrogens is 352 g/mol. The van der Waals surface area contributed by atoms with Crippen molar-refractivity contribution in [1.82, 2.24) is 10.3 Å². The van der Waals surface area contributed by atoms with E-state index in [1.807, 2.05) is 18.2 Å². The number of aromatic nitrogens is 1. The highest BCUT2D eigenvalue weighted by Gasteiger charge is 2.24. The zero-order valence-electron chi connectivity index (χ0n) is 14.2. The molecule has 1 unspecified atom stereocenters. The Morgan fingerprint density at radius 3 is 2.96 bits per heavy atom. The summed E-state index contributed by atoms with van der Waals surface area (Å²) in [5.74, 6) is 2.21. The Morgan fingerprint density at radius 2 is 2.12 bits per heavy atom. The Balaban J connectivity index is 1.33. The van der Waals surface area contributed by atoms with Gasteiger partial charge in [-0.15, -0.1) is 0 Å². The standard InChI is InChI=1S/C20H19ClN2O3/c21-14-6-4-13(5-7-14)18-12-22-20(26-18)9-8-19(24)23-16-2-1-3-17-15(16)10-11-25-17/h4-7,10-12,16H,1-3,8-9H2,(H,23,24). The van der Waals surface area contributed by atoms with Gasteiger partial charge in [-0.2, -0.15) is 0 Å². The van der Waals surface area contributed by atoms with Crippen molar-refractivity contribution in [3.63, 3.8) is 0 Å². The van der Waals surface area contributed by atoms with Gasteiger partial charge in [-0.05, 0) is 43.2 Å². The van der Waals surface area contributed by atoms with Crippen LogP contribution in [-0.2, 0) is 17.6 Å². The second kappa shape index (κ2) is 7.38. The lowest BCUT2D eigenvalue weighted by Gasteiger charge is -2.22. The molecule has 1 aliphatic rings. The van der Waals surface area contributed by atoms with Crippen molar-refractivity contribution in [3.8, 4) is 11.3 Å². The van der Waals surface area contributed by atoms with E-state index in [4.69, 9.17) is 20.4 Å². The third-order valence-corrected chi connectivity index (χ3v) is 4.89. The van der Waals surface area contributed by atoms with E-state index in [0.29, 0.717) is 29.5 Å². The number of hydrogen-bond acceptors (Lipinski definition) is 4. The molecule has 0 aliphatic heterocycles. The molecular formula is C20H19ClN2O3. The van der Waals surface area contributed by atoms with Crippen LogP contribution < -0.4 is 5.32 Å². The van der Waals surface area contributed by atoms with Gasteiger partial charge in [0, 0.05) is 35.4 Å². The number of furan rings is 1. The number of carbonyl (C=O) groups excluding carboxylic acids is 1. The molecule has 0 saturated carbocycles. The quantitative estimate of drug-likeness (QED) is 0.705. The summed E-state index contributed by atoms with van der Waals surface area (Å²) >= 11 is 5.90. The highest BCUT2D eigenvalue weighted by Crippen LogP contribution is 2.30. The van der Waals surface area contributed by atoms with Crippen molar-refractivity contribution in [3.05, 3.63) is 65.0 Å². The molecule has 26 heavy (non-hydrogen) atoms. The number of aryl methyl sites for hydroxylation is 2. The van der Waals surface area contributed by atoms with Crippen LogP contribution in [0.3, 0.4) is 0 Å². The molecule has 1 amide bonds. The van der Waals surface area contributed by atoms with Crippen molar-refractivity contribution in [2.75, 3.05) is 0 Å². The molecule has 1 aromatic carbocycles. The smallest absolute Gasteiger partial charge is 0.220 e. The maximum atomic E-state index is 12.3. The lowest BCUT2D eigenvalue weighted by molar-refractivity contribution is -0.122. The van der Waals surface area contributed by atoms with Crippen LogP contribution in [0.2, 0.25) is 5.02 Å². The average molecular weight is 371 g/mol. The first kappa shape index (κ1) is 16.9. The van der Waals surface area contributed by atoms with Crippen LogP contribution >= 0.6 is 11.6 Å². The minimum absolute atomic E-state index is 0.00436. The molecule has 0 fully saturated rings. The van der Waals surface area contributed by atoms with Crippen molar-refractivity contribution in [2.24, 2.45) is 0 Å². The SMILES string of the molecule is O=C(CCc1ncc(-c2ccc(Cl)cc2)o1)NC1CCCc2occc21. The number of oxazole rings is 1. The number of carbonyl (C=O) groups is 1. The van der Waals surface area contributed by atoms with Crippen molar-refractivity contribution in [2.45, 2.75) is 38.1 Å². The van der Waals surface area contributed by atoms with Crippen molar-refractivity contribution < 1.29 is 13.6 Å². The van der Waals surface area contributed by atoms with Crippen LogP contribution in [-0.4, -0.2) is 10.9 Å². The van der Waals surface area contributed by atoms with Crippen molar-refractivity contribution in [1.29, 1.82) is 0 Å². The molecule has 5 nitrogen and oxygen atoms in total. The van der Waals surface area contributed by atoms with Crippen molar-refractivity contribution >= 4 is 17.5 Å². The molecule has 1 aliphatic carbocycles. The van der Waals surface area contributed by atoms with Gasteiger partial charge < -0.3 is 14.2 Å². The van der Waals surface area contributed by atoms with Crippen LogP contribution in [0.15, 0.2) is 51.6 Å². The van der Waals surface area contributed by atoms with Crippen LogP contribution in [0.1, 0.15) is 42.5 Å². The Bertz CT molecular complexity index is 898. The minimum atomic E-state index is -0.00436. The molecule has 2 heterocycles. The summed E-state index contributed by atoms with van der Waals surface area (Å²) in [5, 5.41) is 3.77. The summed E-state index contributed by atoms with van der Waals surface area (Å²) in [6, 6.07) is 9.36. The van der Waals surface area contributed by atoms with E-state index in [2.05, 4.69) is 10.3 Å². The van der Waals surface area contributed by atoms with E-state index in [0.717, 1.165) is 36.1 Å². The molecule has 0 radical (unpaired) electrons. The van der Waals surface area contributed by atoms with E-state index < -0.39 is 0 Å². The van der Waals surface area contributed by atoms with E-state index in [-0.39, 0.29) is 11.9 Å². The zero-order chi connectivity index (χ0) is 17.9. The Kier molecular flexibility index (Phi) is 4.80. The van der Waals surface area contributed by atoms with E-state index >= 15 is 0 Å². The van der Waals surface area contributed by atoms with Crippen LogP contribution in [0.25, 0.3) is 11.3 Å². The first-order valence-corrected chi connectivity index (χ1v) is 9.13. The monoisotopic (exact) mass is 370 g/mol. The number of halogens is 1. The summed E-state index contributed by atoms with van der Waals surface area (Å²) in [4.78, 5) is 16.6. The second-order valence-electron chi connectivity index (χ2n) is 6.44. The summed E-state index contributed by atoms with van der Waals surface area (Å²) in [6.45, 7) is 0. The third-order valence-electron chi connectivity index (χ3n) is 4.64. The fourth-order valence-electron chi connectivity index (χ4n) is 3.30. The van der Waals surface area contributed by atoms with Crippen LogP contribution in [0, 0.1) is 0 Å². The molecule has 6 heteroatoms. The zero-order valence-corrected chi connectivity index (χ0v) is 15.0. The van der Waals surface area contributed by atoms with Gasteiger partial charge in [0.25, 0.3) is 0 Å². The normalized spacial score (nSPS) is 16.3. The Labute approximate surface area is 156 Å². The number of nitrogens with one attached hydrogen (secondary N) is 1. The van der Waals surface area contributed by atoms with Gasteiger partial charge in [-0.3, -0.25) is 4.79 Å². The number of fused-ring (bicyclic) bond motifs is 1. The summed E-state index contributed by atoms with van der Waals surface area (Å²) in [6.07, 6.45) is 7.08. The molecule has 1 N–H and O–H groups in total. The highest BCUT2D eigenvalue weighted by molar-refractivity contribution is 6.30. The van der Waals surface area contributed by atoms with Gasteiger partial charge in [0.2, 0.25) is 5.91 Å². The number of rotatable bonds is 5. The van der Waals surface area contributed by atoms with Gasteiger partial charge in [0.05, 0.1) is 18.5 Å². The Morgan fingerprint density at radius 1 is 1.27 bits per heavy atom. The average Bonchev–Trinajstić information content (AvgIpc) is 3.30. The lowest BCUT2D eigenvalue weighted by Crippen LogP contribution is -2.30. The van der Waals surface area contributed by atoms with E-state index in [1.54, 1.807) is 24.6 Å². The van der Waals surface area contributed by atoms with Gasteiger partial charge in [-0.1, -0.05) is 11.6 Å². The first-order valence-electron chi connectivity index (χ1n) is 8.75. The largest absolute Gasteiger partial charge is 0.469 e. The summed E-state index contributed by atoms with van der Waals surface area (Å²) < 4.78 is 11.2. The summed E-state index contributed by atoms with van der Waals surface area (Å²) in [7, 11) is 0. The number of amides is 1. The van der Waals surface area contributed by atoms with Gasteiger partial charge in [0.1, 0.15) is 5.76 Å². The second-order valence-corrected chi connectivity index (χ2v) is 6.87. The molecule has 1 atom stereocenters. The topological polar surface area (TPSA) is 68.3 Å².